The van der Waals surface area contributed by atoms with E-state index in [1.165, 1.54) is 11.3 Å². The van der Waals surface area contributed by atoms with Crippen molar-refractivity contribution in [2.24, 2.45) is 5.73 Å². The van der Waals surface area contributed by atoms with Crippen LogP contribution in [-0.4, -0.2) is 10.1 Å². The lowest BCUT2D eigenvalue weighted by molar-refractivity contribution is 1.11. The number of hydrogen-bond acceptors (Lipinski definition) is 4. The molecule has 11 heavy (non-hydrogen) atoms. The van der Waals surface area contributed by atoms with Crippen molar-refractivity contribution >= 4 is 33.8 Å². The highest BCUT2D eigenvalue weighted by Crippen LogP contribution is 2.14. The van der Waals surface area contributed by atoms with Gasteiger partial charge in [-0.2, -0.15) is 0 Å². The smallest absolute Gasteiger partial charge is 0.201 e. The molecule has 0 atom stereocenters. The lowest BCUT2D eigenvalue weighted by Crippen LogP contribution is -2.33. The van der Waals surface area contributed by atoms with E-state index in [0.717, 1.165) is 10.0 Å². The first-order valence-electron chi connectivity index (χ1n) is 2.92. The van der Waals surface area contributed by atoms with Crippen LogP contribution in [0.25, 0.3) is 0 Å². The van der Waals surface area contributed by atoms with Crippen molar-refractivity contribution in [3.8, 4) is 0 Å². The Bertz CT molecular complexity index is 257. The van der Waals surface area contributed by atoms with E-state index in [1.807, 2.05) is 6.92 Å². The van der Waals surface area contributed by atoms with Gasteiger partial charge in [-0.25, -0.2) is 4.98 Å². The van der Waals surface area contributed by atoms with Crippen molar-refractivity contribution < 1.29 is 0 Å². The maximum atomic E-state index is 5.18. The predicted octanol–water partition coefficient (Wildman–Crippen LogP) is 0.612. The third-order valence-electron chi connectivity index (χ3n) is 0.914. The zero-order valence-corrected chi connectivity index (χ0v) is 7.55. The summed E-state index contributed by atoms with van der Waals surface area (Å²) in [5.74, 6) is 0. The van der Waals surface area contributed by atoms with E-state index >= 15 is 0 Å². The lowest BCUT2D eigenvalue weighted by Gasteiger charge is -2.01. The minimum absolute atomic E-state index is 0.206. The molecule has 1 heterocycles. The van der Waals surface area contributed by atoms with Gasteiger partial charge in [-0.15, -0.1) is 11.3 Å². The number of nitrogens with one attached hydrogen (secondary N) is 2. The Balaban J connectivity index is 2.45. The van der Waals surface area contributed by atoms with Gasteiger partial charge >= 0.3 is 0 Å². The third-order valence-corrected chi connectivity index (χ3v) is 1.84. The second-order valence-electron chi connectivity index (χ2n) is 1.89. The Hall–Kier alpha value is -0.880. The Kier molecular flexibility index (Phi) is 2.61. The normalized spacial score (nSPS) is 9.18. The van der Waals surface area contributed by atoms with Crippen molar-refractivity contribution in [2.45, 2.75) is 6.92 Å². The number of nitrogens with two attached hydrogens (primary N) is 1. The van der Waals surface area contributed by atoms with Crippen LogP contribution in [0, 0.1) is 6.92 Å². The van der Waals surface area contributed by atoms with Crippen LogP contribution in [0.5, 0.6) is 0 Å². The highest BCUT2D eigenvalue weighted by Gasteiger charge is 1.95. The first kappa shape index (κ1) is 8.22. The zero-order chi connectivity index (χ0) is 8.27. The molecule has 0 aliphatic heterocycles. The van der Waals surface area contributed by atoms with Crippen LogP contribution in [0.4, 0.5) is 5.13 Å². The van der Waals surface area contributed by atoms with Gasteiger partial charge in [0.15, 0.2) is 5.11 Å². The van der Waals surface area contributed by atoms with E-state index in [9.17, 15) is 0 Å². The van der Waals surface area contributed by atoms with Gasteiger partial charge in [0.1, 0.15) is 0 Å². The van der Waals surface area contributed by atoms with Crippen LogP contribution in [-0.2, 0) is 0 Å². The minimum Gasteiger partial charge on any atom is -0.375 e. The van der Waals surface area contributed by atoms with Gasteiger partial charge in [0.25, 0.3) is 0 Å². The van der Waals surface area contributed by atoms with E-state index < -0.39 is 0 Å². The predicted molar refractivity (Wildman–Crippen MR) is 50.4 cm³/mol. The maximum Gasteiger partial charge on any atom is 0.201 e. The summed E-state index contributed by atoms with van der Waals surface area (Å²) < 4.78 is 0. The van der Waals surface area contributed by atoms with Crippen molar-refractivity contribution in [3.05, 3.63) is 11.1 Å². The van der Waals surface area contributed by atoms with E-state index in [4.69, 9.17) is 5.73 Å². The number of nitrogens with zero attached hydrogens (tertiary/aromatic N) is 1. The SMILES string of the molecule is Cc1cnc(NNC(N)=S)s1. The van der Waals surface area contributed by atoms with Gasteiger partial charge in [0, 0.05) is 11.1 Å². The summed E-state index contributed by atoms with van der Waals surface area (Å²) in [4.78, 5) is 5.15. The number of thiocarbonyl (C=S) groups is 1. The first-order chi connectivity index (χ1) is 5.18. The molecule has 6 heteroatoms. The summed E-state index contributed by atoms with van der Waals surface area (Å²) in [5.41, 5.74) is 10.5. The minimum atomic E-state index is 0.206. The monoisotopic (exact) mass is 188 g/mol. The van der Waals surface area contributed by atoms with Crippen LogP contribution in [0.1, 0.15) is 4.88 Å². The lowest BCUT2D eigenvalue weighted by atomic mass is 10.7. The molecule has 0 radical (unpaired) electrons. The Morgan fingerprint density at radius 3 is 3.00 bits per heavy atom. The summed E-state index contributed by atoms with van der Waals surface area (Å²) in [6, 6.07) is 0. The van der Waals surface area contributed by atoms with E-state index in [0.29, 0.717) is 0 Å². The molecule has 0 unspecified atom stereocenters. The summed E-state index contributed by atoms with van der Waals surface area (Å²) in [6.07, 6.45) is 1.77. The van der Waals surface area contributed by atoms with Crippen LogP contribution < -0.4 is 16.6 Å². The fourth-order valence-corrected chi connectivity index (χ4v) is 1.20. The highest BCUT2D eigenvalue weighted by atomic mass is 32.1. The van der Waals surface area contributed by atoms with Crippen LogP contribution >= 0.6 is 23.6 Å². The van der Waals surface area contributed by atoms with Gasteiger partial charge in [-0.05, 0) is 19.1 Å². The van der Waals surface area contributed by atoms with Gasteiger partial charge in [0.05, 0.1) is 0 Å². The summed E-state index contributed by atoms with van der Waals surface area (Å²) in [5, 5.41) is 0.966. The molecule has 0 spiro atoms. The molecular formula is C5H8N4S2. The molecule has 4 N–H and O–H groups in total. The van der Waals surface area contributed by atoms with Gasteiger partial charge < -0.3 is 5.73 Å². The number of hydrazine groups is 1. The molecule has 1 rings (SSSR count). The second-order valence-corrected chi connectivity index (χ2v) is 3.56. The van der Waals surface area contributed by atoms with E-state index in [-0.39, 0.29) is 5.11 Å². The van der Waals surface area contributed by atoms with Gasteiger partial charge in [-0.1, -0.05) is 0 Å². The average Bonchev–Trinajstić information content (AvgIpc) is 2.31. The number of anilines is 1. The van der Waals surface area contributed by atoms with Crippen molar-refractivity contribution in [1.29, 1.82) is 0 Å². The largest absolute Gasteiger partial charge is 0.375 e. The number of hydrogen-bond donors (Lipinski definition) is 3. The Labute approximate surface area is 73.8 Å². The molecule has 1 aromatic rings. The molecule has 0 amide bonds. The fraction of sp³-hybridized carbons (Fsp3) is 0.200. The van der Waals surface area contributed by atoms with Gasteiger partial charge in [-0.3, -0.25) is 10.9 Å². The molecular weight excluding hydrogens is 180 g/mol. The Morgan fingerprint density at radius 2 is 2.55 bits per heavy atom. The molecule has 1 aromatic heterocycles. The molecule has 0 saturated heterocycles. The zero-order valence-electron chi connectivity index (χ0n) is 5.92. The summed E-state index contributed by atoms with van der Waals surface area (Å²) in [7, 11) is 0. The molecule has 0 bridgehead atoms. The molecule has 60 valence electrons. The van der Waals surface area contributed by atoms with Crippen molar-refractivity contribution in [1.82, 2.24) is 10.4 Å². The molecule has 0 fully saturated rings. The van der Waals surface area contributed by atoms with Crippen molar-refractivity contribution in [2.75, 3.05) is 5.43 Å². The van der Waals surface area contributed by atoms with Crippen molar-refractivity contribution in [3.63, 3.8) is 0 Å². The number of aryl methyl sites for hydroxylation is 1. The second kappa shape index (κ2) is 3.49. The number of aromatic nitrogens is 1. The summed E-state index contributed by atoms with van der Waals surface area (Å²) in [6.45, 7) is 1.98. The quantitative estimate of drug-likeness (QED) is 0.469. The van der Waals surface area contributed by atoms with Gasteiger partial charge in [0.2, 0.25) is 5.13 Å². The number of thiazole rings is 1. The molecule has 0 aliphatic carbocycles. The fourth-order valence-electron chi connectivity index (χ4n) is 0.528. The molecule has 4 nitrogen and oxygen atoms in total. The Morgan fingerprint density at radius 1 is 1.82 bits per heavy atom. The first-order valence-corrected chi connectivity index (χ1v) is 4.15. The standard InChI is InChI=1S/C5H8N4S2/c1-3-2-7-5(11-3)9-8-4(6)10/h2H,1H3,(H,7,9)(H3,6,8,10). The summed E-state index contributed by atoms with van der Waals surface area (Å²) >= 11 is 6.11. The third kappa shape index (κ3) is 2.69. The van der Waals surface area contributed by atoms with E-state index in [2.05, 4.69) is 28.1 Å². The maximum absolute atomic E-state index is 5.18. The van der Waals surface area contributed by atoms with Crippen LogP contribution in [0.15, 0.2) is 6.20 Å². The topological polar surface area (TPSA) is 63.0 Å². The van der Waals surface area contributed by atoms with E-state index in [1.54, 1.807) is 6.20 Å². The molecule has 0 aliphatic rings. The van der Waals surface area contributed by atoms with Crippen LogP contribution in [0.3, 0.4) is 0 Å². The highest BCUT2D eigenvalue weighted by molar-refractivity contribution is 7.80. The number of rotatable bonds is 2. The molecule has 0 aromatic carbocycles. The van der Waals surface area contributed by atoms with Crippen LogP contribution in [0.2, 0.25) is 0 Å². The average molecular weight is 188 g/mol. The molecule has 0 saturated carbocycles.